The normalized spacial score (nSPS) is 16.5. The van der Waals surface area contributed by atoms with Crippen LogP contribution in [0.5, 0.6) is 0 Å². The molecule has 0 bridgehead atoms. The fourth-order valence-corrected chi connectivity index (χ4v) is 2.29. The average Bonchev–Trinajstić information content (AvgIpc) is 2.33. The molecule has 3 amide bonds. The Morgan fingerprint density at radius 3 is 2.53 bits per heavy atom. The first-order chi connectivity index (χ1) is 8.91. The molecule has 0 radical (unpaired) electrons. The first-order valence-corrected chi connectivity index (χ1v) is 6.69. The first-order valence-electron chi connectivity index (χ1n) is 6.31. The lowest BCUT2D eigenvalue weighted by atomic mass is 10.1. The van der Waals surface area contributed by atoms with Crippen molar-refractivity contribution in [2.45, 2.75) is 33.2 Å². The second-order valence-corrected chi connectivity index (χ2v) is 5.39. The lowest BCUT2D eigenvalue weighted by Crippen LogP contribution is -2.54. The van der Waals surface area contributed by atoms with Crippen LogP contribution in [0.15, 0.2) is 18.2 Å². The highest BCUT2D eigenvalue weighted by molar-refractivity contribution is 6.32. The maximum Gasteiger partial charge on any atom is 0.331 e. The van der Waals surface area contributed by atoms with E-state index in [2.05, 4.69) is 0 Å². The minimum absolute atomic E-state index is 0.0732. The van der Waals surface area contributed by atoms with Crippen LogP contribution >= 0.6 is 11.6 Å². The van der Waals surface area contributed by atoms with E-state index in [1.54, 1.807) is 17.0 Å². The molecule has 0 atom stereocenters. The van der Waals surface area contributed by atoms with E-state index >= 15 is 0 Å². The Kier molecular flexibility index (Phi) is 3.80. The van der Waals surface area contributed by atoms with Crippen LogP contribution in [-0.4, -0.2) is 29.4 Å². The fourth-order valence-electron chi connectivity index (χ4n) is 2.11. The zero-order valence-electron chi connectivity index (χ0n) is 11.3. The van der Waals surface area contributed by atoms with Gasteiger partial charge in [0.1, 0.15) is 0 Å². The summed E-state index contributed by atoms with van der Waals surface area (Å²) in [6.45, 7) is 6.24. The summed E-state index contributed by atoms with van der Waals surface area (Å²) in [4.78, 5) is 27.3. The number of aryl methyl sites for hydroxylation is 1. The van der Waals surface area contributed by atoms with E-state index in [9.17, 15) is 9.59 Å². The van der Waals surface area contributed by atoms with E-state index in [0.717, 1.165) is 5.56 Å². The summed E-state index contributed by atoms with van der Waals surface area (Å²) in [5.41, 5.74) is 1.46. The van der Waals surface area contributed by atoms with Gasteiger partial charge >= 0.3 is 6.03 Å². The number of benzene rings is 1. The second kappa shape index (κ2) is 5.21. The molecule has 0 saturated carbocycles. The monoisotopic (exact) mass is 280 g/mol. The van der Waals surface area contributed by atoms with E-state index < -0.39 is 0 Å². The smallest absolute Gasteiger partial charge is 0.321 e. The van der Waals surface area contributed by atoms with Crippen LogP contribution in [0, 0.1) is 6.92 Å². The highest BCUT2D eigenvalue weighted by atomic mass is 35.5. The van der Waals surface area contributed by atoms with Gasteiger partial charge in [0.05, 0.1) is 5.69 Å². The number of carbonyl (C=O) groups excluding carboxylic acids is 2. The highest BCUT2D eigenvalue weighted by Crippen LogP contribution is 2.27. The van der Waals surface area contributed by atoms with E-state index in [1.807, 2.05) is 26.8 Å². The van der Waals surface area contributed by atoms with Crippen LogP contribution < -0.4 is 4.90 Å². The van der Waals surface area contributed by atoms with E-state index in [4.69, 9.17) is 11.6 Å². The molecule has 1 aliphatic heterocycles. The third-order valence-corrected chi connectivity index (χ3v) is 3.70. The van der Waals surface area contributed by atoms with Crippen LogP contribution in [0.4, 0.5) is 10.5 Å². The Labute approximate surface area is 117 Å². The Morgan fingerprint density at radius 1 is 1.26 bits per heavy atom. The van der Waals surface area contributed by atoms with Gasteiger partial charge in [-0.2, -0.15) is 0 Å². The topological polar surface area (TPSA) is 40.6 Å². The zero-order valence-corrected chi connectivity index (χ0v) is 12.1. The second-order valence-electron chi connectivity index (χ2n) is 4.98. The lowest BCUT2D eigenvalue weighted by molar-refractivity contribution is -0.119. The number of imide groups is 1. The minimum Gasteiger partial charge on any atom is -0.321 e. The summed E-state index contributed by atoms with van der Waals surface area (Å²) < 4.78 is 0. The van der Waals surface area contributed by atoms with Gasteiger partial charge < -0.3 is 4.90 Å². The van der Waals surface area contributed by atoms with Gasteiger partial charge in [-0.1, -0.05) is 17.7 Å². The number of amides is 3. The first kappa shape index (κ1) is 13.9. The maximum atomic E-state index is 12.4. The predicted molar refractivity (Wildman–Crippen MR) is 75.5 cm³/mol. The van der Waals surface area contributed by atoms with Crippen LogP contribution in [0.3, 0.4) is 0 Å². The van der Waals surface area contributed by atoms with Gasteiger partial charge in [-0.3, -0.25) is 4.79 Å². The molecule has 1 fully saturated rings. The van der Waals surface area contributed by atoms with Gasteiger partial charge in [0.2, 0.25) is 5.91 Å². The van der Waals surface area contributed by atoms with Crippen LogP contribution in [0.1, 0.15) is 25.8 Å². The molecular formula is C14H17ClN2O2. The maximum absolute atomic E-state index is 12.4. The number of carbonyl (C=O) groups is 2. The van der Waals surface area contributed by atoms with Gasteiger partial charge in [0.15, 0.2) is 0 Å². The summed E-state index contributed by atoms with van der Waals surface area (Å²) >= 11 is 6.06. The molecule has 0 spiro atoms. The molecule has 1 aromatic rings. The molecule has 1 heterocycles. The third-order valence-electron chi connectivity index (χ3n) is 3.29. The van der Waals surface area contributed by atoms with Crippen molar-refractivity contribution in [3.8, 4) is 0 Å². The van der Waals surface area contributed by atoms with Crippen molar-refractivity contribution in [1.29, 1.82) is 0 Å². The van der Waals surface area contributed by atoms with E-state index in [-0.39, 0.29) is 18.0 Å². The number of nitrogens with zero attached hydrogens (tertiary/aromatic N) is 2. The zero-order chi connectivity index (χ0) is 14.2. The van der Waals surface area contributed by atoms with E-state index in [1.165, 1.54) is 4.90 Å². The van der Waals surface area contributed by atoms with Crippen LogP contribution in [-0.2, 0) is 4.79 Å². The number of urea groups is 1. The van der Waals surface area contributed by atoms with Gasteiger partial charge in [-0.15, -0.1) is 0 Å². The number of rotatable bonds is 2. The highest BCUT2D eigenvalue weighted by Gasteiger charge is 2.34. The molecule has 19 heavy (non-hydrogen) atoms. The number of anilines is 1. The largest absolute Gasteiger partial charge is 0.331 e. The van der Waals surface area contributed by atoms with Crippen LogP contribution in [0.25, 0.3) is 0 Å². The van der Waals surface area contributed by atoms with Gasteiger partial charge in [-0.25, -0.2) is 9.69 Å². The van der Waals surface area contributed by atoms with Crippen LogP contribution in [0.2, 0.25) is 5.02 Å². The molecule has 2 rings (SSSR count). The van der Waals surface area contributed by atoms with Crippen molar-refractivity contribution >= 4 is 29.2 Å². The Hall–Kier alpha value is -1.55. The molecule has 4 nitrogen and oxygen atoms in total. The third kappa shape index (κ3) is 2.59. The van der Waals surface area contributed by atoms with Gasteiger partial charge in [0.25, 0.3) is 0 Å². The molecule has 1 saturated heterocycles. The number of hydrogen-bond donors (Lipinski definition) is 0. The Bertz CT molecular complexity index is 528. The quantitative estimate of drug-likeness (QED) is 0.834. The minimum atomic E-state index is -0.272. The SMILES string of the molecule is Cc1ccc(N2C(=O)CCN(C(C)C)C2=O)cc1Cl. The molecular weight excluding hydrogens is 264 g/mol. The Balaban J connectivity index is 2.37. The predicted octanol–water partition coefficient (Wildman–Crippen LogP) is 3.22. The number of hydrogen-bond acceptors (Lipinski definition) is 2. The molecule has 0 unspecified atom stereocenters. The van der Waals surface area contributed by atoms with Crippen molar-refractivity contribution in [2.75, 3.05) is 11.4 Å². The average molecular weight is 281 g/mol. The summed E-state index contributed by atoms with van der Waals surface area (Å²) in [7, 11) is 0. The van der Waals surface area contributed by atoms with Crippen molar-refractivity contribution in [3.63, 3.8) is 0 Å². The Morgan fingerprint density at radius 2 is 1.95 bits per heavy atom. The number of halogens is 1. The van der Waals surface area contributed by atoms with Gasteiger partial charge in [0, 0.05) is 24.0 Å². The van der Waals surface area contributed by atoms with Crippen molar-refractivity contribution in [1.82, 2.24) is 4.90 Å². The van der Waals surface area contributed by atoms with Crippen molar-refractivity contribution in [3.05, 3.63) is 28.8 Å². The molecule has 1 aromatic carbocycles. The molecule has 5 heteroatoms. The molecule has 0 aliphatic carbocycles. The summed E-state index contributed by atoms with van der Waals surface area (Å²) in [5.74, 6) is -0.179. The molecule has 0 aromatic heterocycles. The molecule has 1 aliphatic rings. The van der Waals surface area contributed by atoms with Gasteiger partial charge in [-0.05, 0) is 38.5 Å². The van der Waals surface area contributed by atoms with Crippen molar-refractivity contribution < 1.29 is 9.59 Å². The molecule has 102 valence electrons. The summed E-state index contributed by atoms with van der Waals surface area (Å²) in [6, 6.07) is 5.03. The lowest BCUT2D eigenvalue weighted by Gasteiger charge is -2.36. The fraction of sp³-hybridized carbons (Fsp3) is 0.429. The standard InChI is InChI=1S/C14H17ClN2O2/c1-9(2)16-7-6-13(18)17(14(16)19)11-5-4-10(3)12(15)8-11/h4-5,8-9H,6-7H2,1-3H3. The molecule has 0 N–H and O–H groups in total. The van der Waals surface area contributed by atoms with E-state index in [0.29, 0.717) is 23.7 Å². The summed E-state index contributed by atoms with van der Waals surface area (Å²) in [5, 5.41) is 0.555. The summed E-state index contributed by atoms with van der Waals surface area (Å²) in [6.07, 6.45) is 0.343. The van der Waals surface area contributed by atoms with Crippen molar-refractivity contribution in [2.24, 2.45) is 0 Å².